The molecular weight excluding hydrogens is 282 g/mol. The lowest BCUT2D eigenvalue weighted by Crippen LogP contribution is -2.35. The Hall–Kier alpha value is -2.04. The molecule has 0 aromatic heterocycles. The van der Waals surface area contributed by atoms with E-state index in [1.165, 1.54) is 19.2 Å². The Bertz CT molecular complexity index is 556. The van der Waals surface area contributed by atoms with Gasteiger partial charge in [0.25, 0.3) is 5.91 Å². The van der Waals surface area contributed by atoms with Crippen molar-refractivity contribution in [1.82, 2.24) is 4.90 Å². The molecule has 2 rings (SSSR count). The average molecular weight is 305 g/mol. The zero-order valence-corrected chi connectivity index (χ0v) is 13.2. The first kappa shape index (κ1) is 16.3. The van der Waals surface area contributed by atoms with Gasteiger partial charge in [-0.1, -0.05) is 19.8 Å². The van der Waals surface area contributed by atoms with E-state index in [0.29, 0.717) is 11.3 Å². The summed E-state index contributed by atoms with van der Waals surface area (Å²) in [5.74, 6) is -0.760. The van der Waals surface area contributed by atoms with Crippen LogP contribution in [0.1, 0.15) is 59.7 Å². The molecule has 1 aromatic carbocycles. The second-order valence-electron chi connectivity index (χ2n) is 5.69. The third-order valence-corrected chi connectivity index (χ3v) is 4.17. The van der Waals surface area contributed by atoms with Gasteiger partial charge >= 0.3 is 5.97 Å². The highest BCUT2D eigenvalue weighted by Crippen LogP contribution is 2.26. The van der Waals surface area contributed by atoms with Gasteiger partial charge in [0, 0.05) is 18.2 Å². The monoisotopic (exact) mass is 305 g/mol. The molecule has 1 fully saturated rings. The standard InChI is InChI=1S/C17H23NO4/c1-3-4-6-14-7-5-8-18(14)16(19)12-9-13(17(20)21)11-15(10-12)22-2/h9-11,14H,3-8H2,1-2H3,(H,20,21)/t14-/m0/s1. The summed E-state index contributed by atoms with van der Waals surface area (Å²) in [5, 5.41) is 9.16. The number of ether oxygens (including phenoxy) is 1. The molecule has 0 aliphatic carbocycles. The maximum atomic E-state index is 12.7. The average Bonchev–Trinajstić information content (AvgIpc) is 2.99. The van der Waals surface area contributed by atoms with E-state index in [2.05, 4.69) is 6.92 Å². The number of carbonyl (C=O) groups excluding carboxylic acids is 1. The molecule has 0 radical (unpaired) electrons. The molecule has 5 nitrogen and oxygen atoms in total. The molecule has 1 aliphatic heterocycles. The van der Waals surface area contributed by atoms with Gasteiger partial charge in [0.05, 0.1) is 12.7 Å². The maximum absolute atomic E-state index is 12.7. The lowest BCUT2D eigenvalue weighted by atomic mass is 10.1. The number of rotatable bonds is 6. The van der Waals surface area contributed by atoms with Crippen molar-refractivity contribution in [3.8, 4) is 5.75 Å². The first-order chi connectivity index (χ1) is 10.6. The summed E-state index contributed by atoms with van der Waals surface area (Å²) >= 11 is 0. The smallest absolute Gasteiger partial charge is 0.335 e. The van der Waals surface area contributed by atoms with Crippen molar-refractivity contribution in [2.45, 2.75) is 45.1 Å². The predicted octanol–water partition coefficient (Wildman–Crippen LogP) is 3.19. The van der Waals surface area contributed by atoms with Gasteiger partial charge in [-0.2, -0.15) is 0 Å². The minimum absolute atomic E-state index is 0.0759. The van der Waals surface area contributed by atoms with Crippen LogP contribution in [0.5, 0.6) is 5.75 Å². The van der Waals surface area contributed by atoms with Crippen LogP contribution in [0.15, 0.2) is 18.2 Å². The second kappa shape index (κ2) is 7.29. The number of unbranched alkanes of at least 4 members (excludes halogenated alkanes) is 1. The van der Waals surface area contributed by atoms with E-state index < -0.39 is 5.97 Å². The predicted molar refractivity (Wildman–Crippen MR) is 83.5 cm³/mol. The summed E-state index contributed by atoms with van der Waals surface area (Å²) in [5.41, 5.74) is 0.465. The van der Waals surface area contributed by atoms with Crippen LogP contribution < -0.4 is 4.74 Å². The summed E-state index contributed by atoms with van der Waals surface area (Å²) in [6.07, 6.45) is 5.27. The van der Waals surface area contributed by atoms with Crippen LogP contribution >= 0.6 is 0 Å². The van der Waals surface area contributed by atoms with E-state index in [4.69, 9.17) is 9.84 Å². The van der Waals surface area contributed by atoms with Crippen LogP contribution in [-0.4, -0.2) is 41.6 Å². The fourth-order valence-corrected chi connectivity index (χ4v) is 2.97. The van der Waals surface area contributed by atoms with Crippen molar-refractivity contribution < 1.29 is 19.4 Å². The van der Waals surface area contributed by atoms with Crippen molar-refractivity contribution in [3.63, 3.8) is 0 Å². The van der Waals surface area contributed by atoms with E-state index >= 15 is 0 Å². The number of hydrogen-bond donors (Lipinski definition) is 1. The van der Waals surface area contributed by atoms with Gasteiger partial charge in [0.15, 0.2) is 0 Å². The molecule has 1 amide bonds. The van der Waals surface area contributed by atoms with E-state index in [-0.39, 0.29) is 17.5 Å². The van der Waals surface area contributed by atoms with E-state index in [1.807, 2.05) is 4.90 Å². The molecule has 1 heterocycles. The summed E-state index contributed by atoms with van der Waals surface area (Å²) < 4.78 is 5.12. The van der Waals surface area contributed by atoms with Crippen molar-refractivity contribution in [3.05, 3.63) is 29.3 Å². The number of nitrogens with zero attached hydrogens (tertiary/aromatic N) is 1. The molecule has 0 unspecified atom stereocenters. The fourth-order valence-electron chi connectivity index (χ4n) is 2.97. The molecule has 120 valence electrons. The quantitative estimate of drug-likeness (QED) is 0.876. The molecule has 1 aromatic rings. The van der Waals surface area contributed by atoms with Gasteiger partial charge in [-0.05, 0) is 37.5 Å². The number of carbonyl (C=O) groups is 2. The van der Waals surface area contributed by atoms with Gasteiger partial charge in [-0.15, -0.1) is 0 Å². The third kappa shape index (κ3) is 3.59. The number of carboxylic acids is 1. The molecule has 1 atom stereocenters. The molecule has 0 spiro atoms. The molecule has 0 saturated carbocycles. The second-order valence-corrected chi connectivity index (χ2v) is 5.69. The zero-order chi connectivity index (χ0) is 16.1. The minimum atomic E-state index is -1.06. The number of benzene rings is 1. The Labute approximate surface area is 130 Å². The first-order valence-electron chi connectivity index (χ1n) is 7.80. The molecule has 1 aliphatic rings. The van der Waals surface area contributed by atoms with Crippen LogP contribution in [0.25, 0.3) is 0 Å². The van der Waals surface area contributed by atoms with Gasteiger partial charge in [-0.25, -0.2) is 4.79 Å². The SMILES string of the molecule is CCCC[C@H]1CCCN1C(=O)c1cc(OC)cc(C(=O)O)c1. The van der Waals surface area contributed by atoms with Gasteiger partial charge in [0.2, 0.25) is 0 Å². The van der Waals surface area contributed by atoms with E-state index in [0.717, 1.165) is 38.6 Å². The minimum Gasteiger partial charge on any atom is -0.497 e. The number of carboxylic acid groups (broad SMARTS) is 1. The Morgan fingerprint density at radius 2 is 2.05 bits per heavy atom. The highest BCUT2D eigenvalue weighted by molar-refractivity contribution is 5.98. The Morgan fingerprint density at radius 1 is 1.32 bits per heavy atom. The summed E-state index contributed by atoms with van der Waals surface area (Å²) in [7, 11) is 1.47. The highest BCUT2D eigenvalue weighted by Gasteiger charge is 2.29. The fraction of sp³-hybridized carbons (Fsp3) is 0.529. The van der Waals surface area contributed by atoms with Crippen LogP contribution in [0.3, 0.4) is 0 Å². The maximum Gasteiger partial charge on any atom is 0.335 e. The molecule has 5 heteroatoms. The lowest BCUT2D eigenvalue weighted by molar-refractivity contribution is 0.0696. The van der Waals surface area contributed by atoms with Crippen LogP contribution in [0.2, 0.25) is 0 Å². The molecule has 1 N–H and O–H groups in total. The zero-order valence-electron chi connectivity index (χ0n) is 13.2. The number of amides is 1. The van der Waals surface area contributed by atoms with Gasteiger partial charge in [0.1, 0.15) is 5.75 Å². The van der Waals surface area contributed by atoms with Crippen LogP contribution in [-0.2, 0) is 0 Å². The summed E-state index contributed by atoms with van der Waals surface area (Å²) in [4.78, 5) is 25.8. The summed E-state index contributed by atoms with van der Waals surface area (Å²) in [6.45, 7) is 2.88. The number of aromatic carboxylic acids is 1. The van der Waals surface area contributed by atoms with Crippen molar-refractivity contribution in [1.29, 1.82) is 0 Å². The number of methoxy groups -OCH3 is 1. The first-order valence-corrected chi connectivity index (χ1v) is 7.80. The molecule has 0 bridgehead atoms. The highest BCUT2D eigenvalue weighted by atomic mass is 16.5. The molecule has 22 heavy (non-hydrogen) atoms. The van der Waals surface area contributed by atoms with Crippen molar-refractivity contribution >= 4 is 11.9 Å². The van der Waals surface area contributed by atoms with Crippen molar-refractivity contribution in [2.75, 3.05) is 13.7 Å². The van der Waals surface area contributed by atoms with Gasteiger partial charge in [-0.3, -0.25) is 4.79 Å². The normalized spacial score (nSPS) is 17.5. The van der Waals surface area contributed by atoms with Crippen molar-refractivity contribution in [2.24, 2.45) is 0 Å². The van der Waals surface area contributed by atoms with Crippen LogP contribution in [0, 0.1) is 0 Å². The largest absolute Gasteiger partial charge is 0.497 e. The number of hydrogen-bond acceptors (Lipinski definition) is 3. The topological polar surface area (TPSA) is 66.8 Å². The molecule has 1 saturated heterocycles. The number of likely N-dealkylation sites (tertiary alicyclic amines) is 1. The third-order valence-electron chi connectivity index (χ3n) is 4.17. The Balaban J connectivity index is 2.24. The Morgan fingerprint density at radius 3 is 2.68 bits per heavy atom. The van der Waals surface area contributed by atoms with Crippen LogP contribution in [0.4, 0.5) is 0 Å². The van der Waals surface area contributed by atoms with E-state index in [1.54, 1.807) is 6.07 Å². The van der Waals surface area contributed by atoms with E-state index in [9.17, 15) is 9.59 Å². The Kier molecular flexibility index (Phi) is 5.41. The van der Waals surface area contributed by atoms with Gasteiger partial charge < -0.3 is 14.7 Å². The lowest BCUT2D eigenvalue weighted by Gasteiger charge is -2.25. The molecular formula is C17H23NO4. The summed E-state index contributed by atoms with van der Waals surface area (Å²) in [6, 6.07) is 4.75.